The second kappa shape index (κ2) is 4.37. The third kappa shape index (κ3) is 1.91. The molecule has 0 atom stereocenters. The Morgan fingerprint density at radius 3 is 2.56 bits per heavy atom. The Morgan fingerprint density at radius 2 is 1.83 bits per heavy atom. The maximum Gasteiger partial charge on any atom is 0.225 e. The predicted molar refractivity (Wildman–Crippen MR) is 69.2 cm³/mol. The van der Waals surface area contributed by atoms with Crippen LogP contribution in [-0.4, -0.2) is 16.5 Å². The van der Waals surface area contributed by atoms with E-state index < -0.39 is 0 Å². The van der Waals surface area contributed by atoms with Crippen LogP contribution in [0.15, 0.2) is 24.3 Å². The van der Waals surface area contributed by atoms with Crippen molar-refractivity contribution < 1.29 is 4.39 Å². The summed E-state index contributed by atoms with van der Waals surface area (Å²) in [5.41, 5.74) is 1.74. The largest absolute Gasteiger partial charge is 0.326 e. The molecule has 0 spiro atoms. The van der Waals surface area contributed by atoms with Gasteiger partial charge in [-0.15, -0.1) is 0 Å². The van der Waals surface area contributed by atoms with E-state index in [-0.39, 0.29) is 11.1 Å². The molecular weight excluding hydrogens is 276 g/mol. The molecule has 1 aromatic carbocycles. The van der Waals surface area contributed by atoms with Crippen molar-refractivity contribution in [2.24, 2.45) is 0 Å². The Hall–Kier alpha value is -1.39. The fraction of sp³-hybridized carbons (Fsp3) is 0.167. The van der Waals surface area contributed by atoms with Gasteiger partial charge in [0.15, 0.2) is 0 Å². The van der Waals surface area contributed by atoms with Gasteiger partial charge in [0, 0.05) is 17.8 Å². The fourth-order valence-corrected chi connectivity index (χ4v) is 2.53. The Balaban J connectivity index is 2.07. The van der Waals surface area contributed by atoms with Crippen LogP contribution >= 0.6 is 23.2 Å². The Bertz CT molecular complexity index is 601. The normalized spacial score (nSPS) is 13.8. The van der Waals surface area contributed by atoms with Crippen LogP contribution in [0.3, 0.4) is 0 Å². The molecule has 2 aromatic rings. The molecule has 0 radical (unpaired) electrons. The zero-order valence-electron chi connectivity index (χ0n) is 9.20. The van der Waals surface area contributed by atoms with Gasteiger partial charge in [0.2, 0.25) is 5.28 Å². The average Bonchev–Trinajstić information content (AvgIpc) is 2.74. The first kappa shape index (κ1) is 11.7. The fourth-order valence-electron chi connectivity index (χ4n) is 2.06. The zero-order chi connectivity index (χ0) is 12.7. The molecule has 0 unspecified atom stereocenters. The molecule has 0 bridgehead atoms. The quantitative estimate of drug-likeness (QED) is 0.591. The molecule has 0 amide bonds. The van der Waals surface area contributed by atoms with Crippen molar-refractivity contribution in [3.63, 3.8) is 0 Å². The molecule has 6 heteroatoms. The molecule has 1 aromatic heterocycles. The summed E-state index contributed by atoms with van der Waals surface area (Å²) in [6, 6.07) is 6.23. The van der Waals surface area contributed by atoms with Crippen molar-refractivity contribution in [2.75, 3.05) is 11.4 Å². The van der Waals surface area contributed by atoms with E-state index in [0.29, 0.717) is 11.0 Å². The monoisotopic (exact) mass is 283 g/mol. The number of nitrogens with zero attached hydrogens (tertiary/aromatic N) is 3. The molecule has 1 aliphatic rings. The highest BCUT2D eigenvalue weighted by atomic mass is 35.5. The van der Waals surface area contributed by atoms with Crippen LogP contribution < -0.4 is 4.90 Å². The minimum absolute atomic E-state index is 0.118. The molecule has 1 aliphatic heterocycles. The van der Waals surface area contributed by atoms with Gasteiger partial charge in [0.25, 0.3) is 0 Å². The lowest BCUT2D eigenvalue weighted by atomic mass is 10.3. The molecule has 2 heterocycles. The van der Waals surface area contributed by atoms with Gasteiger partial charge in [0.1, 0.15) is 16.8 Å². The number of aromatic nitrogens is 2. The Labute approximate surface area is 113 Å². The van der Waals surface area contributed by atoms with E-state index in [9.17, 15) is 4.39 Å². The molecule has 0 saturated carbocycles. The Morgan fingerprint density at radius 1 is 1.11 bits per heavy atom. The first-order valence-electron chi connectivity index (χ1n) is 5.40. The number of hydrogen-bond acceptors (Lipinski definition) is 3. The topological polar surface area (TPSA) is 29.0 Å². The maximum atomic E-state index is 12.9. The van der Waals surface area contributed by atoms with Crippen molar-refractivity contribution >= 4 is 34.7 Å². The van der Waals surface area contributed by atoms with Crippen molar-refractivity contribution in [1.82, 2.24) is 9.97 Å². The molecule has 0 fully saturated rings. The van der Waals surface area contributed by atoms with Gasteiger partial charge < -0.3 is 4.90 Å². The maximum absolute atomic E-state index is 12.9. The summed E-state index contributed by atoms with van der Waals surface area (Å²) in [4.78, 5) is 10.1. The minimum atomic E-state index is -0.267. The summed E-state index contributed by atoms with van der Waals surface area (Å²) in [6.45, 7) is 0.732. The van der Waals surface area contributed by atoms with Crippen molar-refractivity contribution in [2.45, 2.75) is 6.42 Å². The smallest absolute Gasteiger partial charge is 0.225 e. The number of rotatable bonds is 1. The van der Waals surface area contributed by atoms with E-state index in [4.69, 9.17) is 23.2 Å². The lowest BCUT2D eigenvalue weighted by Gasteiger charge is -2.18. The molecule has 3 nitrogen and oxygen atoms in total. The van der Waals surface area contributed by atoms with Gasteiger partial charge in [-0.05, 0) is 42.3 Å². The van der Waals surface area contributed by atoms with Crippen LogP contribution in [0.25, 0.3) is 0 Å². The number of fused-ring (bicyclic) bond motifs is 1. The van der Waals surface area contributed by atoms with Crippen LogP contribution in [0.4, 0.5) is 15.9 Å². The number of benzene rings is 1. The SMILES string of the molecule is Fc1ccc(N2CCc3c(Cl)nc(Cl)nc32)cc1. The highest BCUT2D eigenvalue weighted by Crippen LogP contribution is 2.36. The summed E-state index contributed by atoms with van der Waals surface area (Å²) >= 11 is 11.8. The van der Waals surface area contributed by atoms with Gasteiger partial charge in [-0.2, -0.15) is 4.98 Å². The van der Waals surface area contributed by atoms with Gasteiger partial charge in [-0.25, -0.2) is 9.37 Å². The van der Waals surface area contributed by atoms with Gasteiger partial charge >= 0.3 is 0 Å². The van der Waals surface area contributed by atoms with Crippen LogP contribution in [-0.2, 0) is 6.42 Å². The van der Waals surface area contributed by atoms with E-state index in [0.717, 1.165) is 24.2 Å². The van der Waals surface area contributed by atoms with E-state index in [1.165, 1.54) is 12.1 Å². The average molecular weight is 284 g/mol. The summed E-state index contributed by atoms with van der Waals surface area (Å²) in [7, 11) is 0. The molecule has 18 heavy (non-hydrogen) atoms. The summed E-state index contributed by atoms with van der Waals surface area (Å²) < 4.78 is 12.9. The molecular formula is C12H8Cl2FN3. The summed E-state index contributed by atoms with van der Waals surface area (Å²) in [5.74, 6) is 0.434. The summed E-state index contributed by atoms with van der Waals surface area (Å²) in [5, 5.41) is 0.502. The summed E-state index contributed by atoms with van der Waals surface area (Å²) in [6.07, 6.45) is 0.753. The van der Waals surface area contributed by atoms with Gasteiger partial charge in [-0.1, -0.05) is 11.6 Å². The van der Waals surface area contributed by atoms with Crippen LogP contribution in [0.2, 0.25) is 10.4 Å². The van der Waals surface area contributed by atoms with Crippen molar-refractivity contribution in [3.05, 3.63) is 46.1 Å². The first-order chi connectivity index (χ1) is 8.65. The highest BCUT2D eigenvalue weighted by molar-refractivity contribution is 6.32. The molecule has 0 saturated heterocycles. The van der Waals surface area contributed by atoms with E-state index in [2.05, 4.69) is 9.97 Å². The zero-order valence-corrected chi connectivity index (χ0v) is 10.7. The first-order valence-corrected chi connectivity index (χ1v) is 6.16. The third-order valence-electron chi connectivity index (χ3n) is 2.89. The lowest BCUT2D eigenvalue weighted by Crippen LogP contribution is -2.14. The second-order valence-corrected chi connectivity index (χ2v) is 4.66. The van der Waals surface area contributed by atoms with E-state index in [1.54, 1.807) is 12.1 Å². The molecule has 0 N–H and O–H groups in total. The van der Waals surface area contributed by atoms with Gasteiger partial charge in [-0.3, -0.25) is 0 Å². The number of anilines is 2. The predicted octanol–water partition coefficient (Wildman–Crippen LogP) is 3.62. The number of hydrogen-bond donors (Lipinski definition) is 0. The highest BCUT2D eigenvalue weighted by Gasteiger charge is 2.25. The molecule has 0 aliphatic carbocycles. The van der Waals surface area contributed by atoms with Crippen LogP contribution in [0.1, 0.15) is 5.56 Å². The van der Waals surface area contributed by atoms with E-state index >= 15 is 0 Å². The van der Waals surface area contributed by atoms with E-state index in [1.807, 2.05) is 4.90 Å². The standard InChI is InChI=1S/C12H8Cl2FN3/c13-10-9-5-6-18(11(9)17-12(14)16-10)8-3-1-7(15)2-4-8/h1-4H,5-6H2. The van der Waals surface area contributed by atoms with Crippen molar-refractivity contribution in [1.29, 1.82) is 0 Å². The van der Waals surface area contributed by atoms with Crippen molar-refractivity contribution in [3.8, 4) is 0 Å². The van der Waals surface area contributed by atoms with Gasteiger partial charge in [0.05, 0.1) is 0 Å². The minimum Gasteiger partial charge on any atom is -0.326 e. The third-order valence-corrected chi connectivity index (χ3v) is 3.37. The Kier molecular flexibility index (Phi) is 2.84. The van der Waals surface area contributed by atoms with Crippen LogP contribution in [0, 0.1) is 5.82 Å². The molecule has 92 valence electrons. The second-order valence-electron chi connectivity index (χ2n) is 3.96. The molecule has 3 rings (SSSR count). The lowest BCUT2D eigenvalue weighted by molar-refractivity contribution is 0.628. The van der Waals surface area contributed by atoms with Crippen LogP contribution in [0.5, 0.6) is 0 Å². The number of halogens is 3.